The van der Waals surface area contributed by atoms with Crippen molar-refractivity contribution in [3.8, 4) is 0 Å². The van der Waals surface area contributed by atoms with Gasteiger partial charge in [-0.2, -0.15) is 0 Å². The molecule has 0 aliphatic carbocycles. The van der Waals surface area contributed by atoms with E-state index in [0.29, 0.717) is 15.1 Å². The minimum absolute atomic E-state index is 0.202. The molecular formula is C10H11Cl3N2. The van der Waals surface area contributed by atoms with Gasteiger partial charge in [0.15, 0.2) is 0 Å². The first-order valence-electron chi connectivity index (χ1n) is 4.73. The summed E-state index contributed by atoms with van der Waals surface area (Å²) in [5, 5.41) is 1.72. The van der Waals surface area contributed by atoms with Crippen LogP contribution in [0.15, 0.2) is 12.1 Å². The van der Waals surface area contributed by atoms with Gasteiger partial charge < -0.3 is 10.6 Å². The van der Waals surface area contributed by atoms with E-state index < -0.39 is 0 Å². The molecule has 1 heterocycles. The predicted octanol–water partition coefficient (Wildman–Crippen LogP) is 3.18. The Morgan fingerprint density at radius 3 is 2.27 bits per heavy atom. The maximum absolute atomic E-state index is 6.11. The van der Waals surface area contributed by atoms with Gasteiger partial charge in [0.2, 0.25) is 0 Å². The lowest BCUT2D eigenvalue weighted by Crippen LogP contribution is -2.26. The third-order valence-corrected chi connectivity index (χ3v) is 3.32. The molecule has 0 aromatic heterocycles. The number of hydrogen-bond acceptors (Lipinski definition) is 2. The molecule has 0 bridgehead atoms. The molecule has 5 heteroatoms. The van der Waals surface area contributed by atoms with Crippen molar-refractivity contribution in [3.63, 3.8) is 0 Å². The highest BCUT2D eigenvalue weighted by Gasteiger charge is 2.23. The van der Waals surface area contributed by atoms with Crippen LogP contribution in [-0.2, 0) is 0 Å². The predicted molar refractivity (Wildman–Crippen MR) is 66.3 cm³/mol. The molecule has 15 heavy (non-hydrogen) atoms. The van der Waals surface area contributed by atoms with Crippen LogP contribution in [0.1, 0.15) is 6.42 Å². The Morgan fingerprint density at radius 1 is 1.20 bits per heavy atom. The molecule has 1 aromatic carbocycles. The van der Waals surface area contributed by atoms with E-state index in [0.717, 1.165) is 25.2 Å². The van der Waals surface area contributed by atoms with Crippen LogP contribution in [0.5, 0.6) is 0 Å². The number of nitrogens with zero attached hydrogens (tertiary/aromatic N) is 1. The summed E-state index contributed by atoms with van der Waals surface area (Å²) in [7, 11) is 0. The lowest BCUT2D eigenvalue weighted by Gasteiger charge is -2.21. The summed E-state index contributed by atoms with van der Waals surface area (Å²) < 4.78 is 0. The second kappa shape index (κ2) is 4.38. The van der Waals surface area contributed by atoms with Crippen molar-refractivity contribution in [1.29, 1.82) is 0 Å². The zero-order chi connectivity index (χ0) is 11.0. The van der Waals surface area contributed by atoms with Crippen molar-refractivity contribution in [3.05, 3.63) is 27.2 Å². The van der Waals surface area contributed by atoms with Crippen LogP contribution in [0.4, 0.5) is 5.69 Å². The molecule has 0 radical (unpaired) electrons. The molecule has 1 saturated heterocycles. The number of hydrogen-bond donors (Lipinski definition) is 1. The lowest BCUT2D eigenvalue weighted by molar-refractivity contribution is 0.752. The zero-order valence-corrected chi connectivity index (χ0v) is 10.3. The summed E-state index contributed by atoms with van der Waals surface area (Å²) in [6, 6.07) is 3.61. The zero-order valence-electron chi connectivity index (χ0n) is 8.01. The molecule has 2 nitrogen and oxygen atoms in total. The fourth-order valence-electron chi connectivity index (χ4n) is 1.83. The van der Waals surface area contributed by atoms with Gasteiger partial charge in [-0.05, 0) is 18.6 Å². The van der Waals surface area contributed by atoms with Crippen LogP contribution in [0.2, 0.25) is 15.1 Å². The molecule has 1 fully saturated rings. The minimum Gasteiger partial charge on any atom is -0.368 e. The Kier molecular flexibility index (Phi) is 3.31. The fourth-order valence-corrected chi connectivity index (χ4v) is 2.88. The maximum atomic E-state index is 6.11. The van der Waals surface area contributed by atoms with E-state index in [1.54, 1.807) is 12.1 Å². The molecular weight excluding hydrogens is 254 g/mol. The maximum Gasteiger partial charge on any atom is 0.0746 e. The van der Waals surface area contributed by atoms with E-state index in [4.69, 9.17) is 40.5 Å². The highest BCUT2D eigenvalue weighted by Crippen LogP contribution is 2.37. The Bertz CT molecular complexity index is 358. The molecule has 1 aliphatic rings. The van der Waals surface area contributed by atoms with Crippen LogP contribution in [0.3, 0.4) is 0 Å². The average Bonchev–Trinajstić information content (AvgIpc) is 2.49. The second-order valence-electron chi connectivity index (χ2n) is 3.71. The molecule has 2 rings (SSSR count). The number of anilines is 1. The summed E-state index contributed by atoms with van der Waals surface area (Å²) in [6.07, 6.45) is 0.968. The van der Waals surface area contributed by atoms with Crippen molar-refractivity contribution in [2.75, 3.05) is 18.0 Å². The van der Waals surface area contributed by atoms with E-state index >= 15 is 0 Å². The monoisotopic (exact) mass is 264 g/mol. The smallest absolute Gasteiger partial charge is 0.0746 e. The van der Waals surface area contributed by atoms with Crippen molar-refractivity contribution in [1.82, 2.24) is 0 Å². The third kappa shape index (κ3) is 2.34. The van der Waals surface area contributed by atoms with E-state index in [-0.39, 0.29) is 6.04 Å². The van der Waals surface area contributed by atoms with Gasteiger partial charge in [0.05, 0.1) is 15.7 Å². The highest BCUT2D eigenvalue weighted by molar-refractivity contribution is 6.41. The second-order valence-corrected chi connectivity index (χ2v) is 4.96. The average molecular weight is 266 g/mol. The molecule has 1 aliphatic heterocycles. The molecule has 2 N–H and O–H groups in total. The van der Waals surface area contributed by atoms with Gasteiger partial charge >= 0.3 is 0 Å². The summed E-state index contributed by atoms with van der Waals surface area (Å²) >= 11 is 18.1. The van der Waals surface area contributed by atoms with E-state index in [1.807, 2.05) is 0 Å². The van der Waals surface area contributed by atoms with Crippen LogP contribution in [-0.4, -0.2) is 19.1 Å². The highest BCUT2D eigenvalue weighted by atomic mass is 35.5. The van der Waals surface area contributed by atoms with Gasteiger partial charge in [0.1, 0.15) is 0 Å². The van der Waals surface area contributed by atoms with Gasteiger partial charge in [-0.3, -0.25) is 0 Å². The Balaban J connectivity index is 2.35. The quantitative estimate of drug-likeness (QED) is 0.845. The lowest BCUT2D eigenvalue weighted by atomic mass is 10.3. The Hall–Kier alpha value is -0.150. The van der Waals surface area contributed by atoms with Crippen molar-refractivity contribution in [2.24, 2.45) is 5.73 Å². The number of halogens is 3. The summed E-state index contributed by atoms with van der Waals surface area (Å²) in [5.41, 5.74) is 6.68. The van der Waals surface area contributed by atoms with Crippen molar-refractivity contribution in [2.45, 2.75) is 12.5 Å². The molecule has 0 amide bonds. The van der Waals surface area contributed by atoms with Gasteiger partial charge in [0.25, 0.3) is 0 Å². The molecule has 1 unspecified atom stereocenters. The molecule has 1 atom stereocenters. The first-order chi connectivity index (χ1) is 7.08. The molecule has 0 spiro atoms. The van der Waals surface area contributed by atoms with Crippen LogP contribution < -0.4 is 10.6 Å². The SMILES string of the molecule is NC1CCN(c2c(Cl)cc(Cl)cc2Cl)C1. The number of benzene rings is 1. The molecule has 0 saturated carbocycles. The van der Waals surface area contributed by atoms with Crippen LogP contribution in [0.25, 0.3) is 0 Å². The first-order valence-corrected chi connectivity index (χ1v) is 5.86. The van der Waals surface area contributed by atoms with E-state index in [9.17, 15) is 0 Å². The Labute approximate surface area is 104 Å². The largest absolute Gasteiger partial charge is 0.368 e. The first kappa shape index (κ1) is 11.3. The van der Waals surface area contributed by atoms with Crippen molar-refractivity contribution < 1.29 is 0 Å². The van der Waals surface area contributed by atoms with E-state index in [1.165, 1.54) is 0 Å². The molecule has 1 aromatic rings. The van der Waals surface area contributed by atoms with Gasteiger partial charge in [-0.25, -0.2) is 0 Å². The number of rotatable bonds is 1. The van der Waals surface area contributed by atoms with Crippen LogP contribution in [0, 0.1) is 0 Å². The Morgan fingerprint density at radius 2 is 1.80 bits per heavy atom. The van der Waals surface area contributed by atoms with Crippen molar-refractivity contribution >= 4 is 40.5 Å². The normalized spacial score (nSPS) is 21.1. The topological polar surface area (TPSA) is 29.3 Å². The van der Waals surface area contributed by atoms with Gasteiger partial charge in [0, 0.05) is 24.2 Å². The number of nitrogens with two attached hydrogens (primary N) is 1. The summed E-state index contributed by atoms with van der Waals surface area (Å²) in [4.78, 5) is 2.10. The van der Waals surface area contributed by atoms with Crippen LogP contribution >= 0.6 is 34.8 Å². The van der Waals surface area contributed by atoms with Gasteiger partial charge in [-0.15, -0.1) is 0 Å². The van der Waals surface area contributed by atoms with Gasteiger partial charge in [-0.1, -0.05) is 34.8 Å². The fraction of sp³-hybridized carbons (Fsp3) is 0.400. The van der Waals surface area contributed by atoms with E-state index in [2.05, 4.69) is 4.90 Å². The minimum atomic E-state index is 0.202. The molecule has 82 valence electrons. The summed E-state index contributed by atoms with van der Waals surface area (Å²) in [6.45, 7) is 1.68. The summed E-state index contributed by atoms with van der Waals surface area (Å²) in [5.74, 6) is 0. The standard InChI is InChI=1S/C10H11Cl3N2/c11-6-3-8(12)10(9(13)4-6)15-2-1-7(14)5-15/h3-4,7H,1-2,5,14H2. The third-order valence-electron chi connectivity index (χ3n) is 2.52.